The lowest BCUT2D eigenvalue weighted by atomic mass is 9.63. The van der Waals surface area contributed by atoms with Crippen molar-refractivity contribution in [1.29, 1.82) is 0 Å². The number of rotatable bonds is 4. The summed E-state index contributed by atoms with van der Waals surface area (Å²) in [6.07, 6.45) is 2.52. The summed E-state index contributed by atoms with van der Waals surface area (Å²) in [6.45, 7) is 6.92. The third-order valence-corrected chi connectivity index (χ3v) is 4.31. The minimum Gasteiger partial charge on any atom is -0.378 e. The summed E-state index contributed by atoms with van der Waals surface area (Å²) in [5.74, 6) is -0.0747. The number of hydrogen-bond donors (Lipinski definition) is 1. The van der Waals surface area contributed by atoms with Crippen LogP contribution in [-0.2, 0) is 4.74 Å². The standard InChI is InChI=1S/C15H22N2O3/c1-5-20-12-8-11(15(12,2)3)17(4)14(19)10-6-7-13(18)16-9-10/h6-7,9,11-12H,5,8H2,1-4H3,(H,16,18)/t11-,12-/m0/s1. The number of carbonyl (C=O) groups excluding carboxylic acids is 1. The molecule has 110 valence electrons. The molecule has 1 N–H and O–H groups in total. The molecule has 20 heavy (non-hydrogen) atoms. The Morgan fingerprint density at radius 3 is 2.70 bits per heavy atom. The Morgan fingerprint density at radius 1 is 1.50 bits per heavy atom. The van der Waals surface area contributed by atoms with Crippen LogP contribution in [0.5, 0.6) is 0 Å². The Bertz CT molecular complexity index is 530. The van der Waals surface area contributed by atoms with Crippen LogP contribution >= 0.6 is 0 Å². The lowest BCUT2D eigenvalue weighted by Gasteiger charge is -2.54. The summed E-state index contributed by atoms with van der Waals surface area (Å²) in [5, 5.41) is 0. The van der Waals surface area contributed by atoms with Crippen molar-refractivity contribution in [3.63, 3.8) is 0 Å². The lowest BCUT2D eigenvalue weighted by molar-refractivity contribution is -0.136. The van der Waals surface area contributed by atoms with E-state index in [0.717, 1.165) is 6.42 Å². The van der Waals surface area contributed by atoms with Gasteiger partial charge in [-0.1, -0.05) is 13.8 Å². The van der Waals surface area contributed by atoms with Crippen LogP contribution in [0.1, 0.15) is 37.6 Å². The second-order valence-corrected chi connectivity index (χ2v) is 5.87. The monoisotopic (exact) mass is 278 g/mol. The van der Waals surface area contributed by atoms with Crippen LogP contribution < -0.4 is 5.56 Å². The summed E-state index contributed by atoms with van der Waals surface area (Å²) in [7, 11) is 1.81. The summed E-state index contributed by atoms with van der Waals surface area (Å²) >= 11 is 0. The van der Waals surface area contributed by atoms with Crippen LogP contribution in [0.15, 0.2) is 23.1 Å². The van der Waals surface area contributed by atoms with E-state index in [9.17, 15) is 9.59 Å². The minimum atomic E-state index is -0.204. The molecule has 1 saturated carbocycles. The smallest absolute Gasteiger partial charge is 0.255 e. The molecule has 0 aromatic carbocycles. The molecule has 1 heterocycles. The number of H-pyrrole nitrogens is 1. The molecule has 5 heteroatoms. The zero-order valence-electron chi connectivity index (χ0n) is 12.5. The van der Waals surface area contributed by atoms with Gasteiger partial charge >= 0.3 is 0 Å². The summed E-state index contributed by atoms with van der Waals surface area (Å²) in [5.41, 5.74) is 0.246. The molecule has 5 nitrogen and oxygen atoms in total. The third-order valence-electron chi connectivity index (χ3n) is 4.31. The van der Waals surface area contributed by atoms with E-state index in [-0.39, 0.29) is 29.0 Å². The average Bonchev–Trinajstić information content (AvgIpc) is 2.42. The second-order valence-electron chi connectivity index (χ2n) is 5.87. The highest BCUT2D eigenvalue weighted by Gasteiger charge is 2.51. The van der Waals surface area contributed by atoms with Crippen LogP contribution in [0, 0.1) is 5.41 Å². The fourth-order valence-electron chi connectivity index (χ4n) is 2.89. The van der Waals surface area contributed by atoms with E-state index in [1.807, 2.05) is 14.0 Å². The van der Waals surface area contributed by atoms with Crippen LogP contribution in [0.2, 0.25) is 0 Å². The number of pyridine rings is 1. The molecule has 0 bridgehead atoms. The molecule has 1 aromatic rings. The Hall–Kier alpha value is -1.62. The first-order valence-electron chi connectivity index (χ1n) is 6.95. The van der Waals surface area contributed by atoms with Crippen LogP contribution in [-0.4, -0.2) is 41.6 Å². The molecular weight excluding hydrogens is 256 g/mol. The summed E-state index contributed by atoms with van der Waals surface area (Å²) in [6, 6.07) is 3.08. The van der Waals surface area contributed by atoms with Gasteiger partial charge in [0.05, 0.1) is 11.7 Å². The van der Waals surface area contributed by atoms with E-state index in [1.165, 1.54) is 12.3 Å². The molecule has 2 atom stereocenters. The highest BCUT2D eigenvalue weighted by Crippen LogP contribution is 2.45. The SMILES string of the molecule is CCO[C@H]1C[C@H](N(C)C(=O)c2ccc(=O)[nH]c2)C1(C)C. The van der Waals surface area contributed by atoms with Crippen molar-refractivity contribution in [2.24, 2.45) is 5.41 Å². The summed E-state index contributed by atoms with van der Waals surface area (Å²) in [4.78, 5) is 27.7. The van der Waals surface area contributed by atoms with Gasteiger partial charge in [-0.25, -0.2) is 0 Å². The number of aromatic nitrogens is 1. The van der Waals surface area contributed by atoms with Gasteiger partial charge in [-0.15, -0.1) is 0 Å². The van der Waals surface area contributed by atoms with Crippen molar-refractivity contribution >= 4 is 5.91 Å². The molecule has 0 spiro atoms. The Labute approximate surface area is 118 Å². The van der Waals surface area contributed by atoms with Gasteiger partial charge in [-0.3, -0.25) is 9.59 Å². The number of hydrogen-bond acceptors (Lipinski definition) is 3. The molecule has 0 unspecified atom stereocenters. The minimum absolute atomic E-state index is 0.0530. The molecule has 1 amide bonds. The van der Waals surface area contributed by atoms with E-state index >= 15 is 0 Å². The average molecular weight is 278 g/mol. The van der Waals surface area contributed by atoms with E-state index in [1.54, 1.807) is 11.0 Å². The van der Waals surface area contributed by atoms with Crippen LogP contribution in [0.25, 0.3) is 0 Å². The first-order valence-corrected chi connectivity index (χ1v) is 6.95. The Morgan fingerprint density at radius 2 is 2.20 bits per heavy atom. The van der Waals surface area contributed by atoms with Gasteiger partial charge in [0.15, 0.2) is 0 Å². The van der Waals surface area contributed by atoms with E-state index < -0.39 is 0 Å². The number of nitrogens with zero attached hydrogens (tertiary/aromatic N) is 1. The van der Waals surface area contributed by atoms with Gasteiger partial charge in [-0.2, -0.15) is 0 Å². The molecule has 1 aliphatic rings. The van der Waals surface area contributed by atoms with Gasteiger partial charge in [0, 0.05) is 37.4 Å². The number of amides is 1. The maximum atomic E-state index is 12.4. The predicted molar refractivity (Wildman–Crippen MR) is 76.8 cm³/mol. The molecule has 0 saturated heterocycles. The van der Waals surface area contributed by atoms with Gasteiger partial charge in [0.1, 0.15) is 0 Å². The zero-order valence-corrected chi connectivity index (χ0v) is 12.5. The number of ether oxygens (including phenoxy) is 1. The molecule has 0 radical (unpaired) electrons. The molecular formula is C15H22N2O3. The molecule has 2 rings (SSSR count). The first kappa shape index (κ1) is 14.8. The normalized spacial score (nSPS) is 24.0. The highest BCUT2D eigenvalue weighted by atomic mass is 16.5. The van der Waals surface area contributed by atoms with Crippen molar-refractivity contribution in [1.82, 2.24) is 9.88 Å². The highest BCUT2D eigenvalue weighted by molar-refractivity contribution is 5.94. The van der Waals surface area contributed by atoms with Crippen LogP contribution in [0.4, 0.5) is 0 Å². The third kappa shape index (κ3) is 2.50. The number of aromatic amines is 1. The van der Waals surface area contributed by atoms with Crippen molar-refractivity contribution < 1.29 is 9.53 Å². The van der Waals surface area contributed by atoms with Gasteiger partial charge in [-0.05, 0) is 19.4 Å². The van der Waals surface area contributed by atoms with Crippen LogP contribution in [0.3, 0.4) is 0 Å². The predicted octanol–water partition coefficient (Wildman–Crippen LogP) is 1.65. The van der Waals surface area contributed by atoms with Gasteiger partial charge in [0.25, 0.3) is 5.91 Å². The number of carbonyl (C=O) groups is 1. The second kappa shape index (κ2) is 5.40. The van der Waals surface area contributed by atoms with E-state index in [2.05, 4.69) is 18.8 Å². The fourth-order valence-corrected chi connectivity index (χ4v) is 2.89. The Balaban J connectivity index is 2.09. The quantitative estimate of drug-likeness (QED) is 0.911. The molecule has 1 aromatic heterocycles. The largest absolute Gasteiger partial charge is 0.378 e. The van der Waals surface area contributed by atoms with Crippen molar-refractivity contribution in [2.75, 3.05) is 13.7 Å². The van der Waals surface area contributed by atoms with E-state index in [0.29, 0.717) is 12.2 Å². The van der Waals surface area contributed by atoms with Gasteiger partial charge < -0.3 is 14.6 Å². The van der Waals surface area contributed by atoms with Crippen molar-refractivity contribution in [3.8, 4) is 0 Å². The summed E-state index contributed by atoms with van der Waals surface area (Å²) < 4.78 is 5.69. The van der Waals surface area contributed by atoms with Crippen molar-refractivity contribution in [3.05, 3.63) is 34.2 Å². The number of nitrogens with one attached hydrogen (secondary N) is 1. The first-order chi connectivity index (χ1) is 9.37. The Kier molecular flexibility index (Phi) is 3.99. The molecule has 0 aliphatic heterocycles. The molecule has 1 aliphatic carbocycles. The zero-order chi connectivity index (χ0) is 14.9. The fraction of sp³-hybridized carbons (Fsp3) is 0.600. The maximum absolute atomic E-state index is 12.4. The topological polar surface area (TPSA) is 62.4 Å². The van der Waals surface area contributed by atoms with E-state index in [4.69, 9.17) is 4.74 Å². The van der Waals surface area contributed by atoms with Gasteiger partial charge in [0.2, 0.25) is 5.56 Å². The maximum Gasteiger partial charge on any atom is 0.255 e. The van der Waals surface area contributed by atoms with Crippen molar-refractivity contribution in [2.45, 2.75) is 39.3 Å². The lowest BCUT2D eigenvalue weighted by Crippen LogP contribution is -2.62. The molecule has 1 fully saturated rings.